The summed E-state index contributed by atoms with van der Waals surface area (Å²) in [7, 11) is -3.90. The van der Waals surface area contributed by atoms with Crippen LogP contribution in [0.3, 0.4) is 0 Å². The van der Waals surface area contributed by atoms with Crippen LogP contribution in [-0.2, 0) is 10.0 Å². The van der Waals surface area contributed by atoms with Gasteiger partial charge < -0.3 is 10.8 Å². The highest BCUT2D eigenvalue weighted by Crippen LogP contribution is 2.26. The molecule has 0 radical (unpaired) electrons. The third-order valence-corrected chi connectivity index (χ3v) is 5.53. The number of nitrogens with two attached hydrogens (primary N) is 1. The molecule has 1 amide bonds. The van der Waals surface area contributed by atoms with Crippen LogP contribution in [0.1, 0.15) is 10.4 Å². The number of carbonyl (C=O) groups is 1. The molecule has 3 rings (SSSR count). The first-order valence-electron chi connectivity index (χ1n) is 6.50. The molecular formula is C15H12N2O4S2. The largest absolute Gasteiger partial charge is 0.507 e. The maximum Gasteiger partial charge on any atom is 0.261 e. The number of phenols is 1. The highest BCUT2D eigenvalue weighted by Gasteiger charge is 2.18. The van der Waals surface area contributed by atoms with Gasteiger partial charge in [0.15, 0.2) is 0 Å². The summed E-state index contributed by atoms with van der Waals surface area (Å²) in [5.74, 6) is -1.27. The Kier molecular flexibility index (Phi) is 3.70. The zero-order valence-corrected chi connectivity index (χ0v) is 13.3. The number of amides is 1. The smallest absolute Gasteiger partial charge is 0.261 e. The zero-order valence-electron chi connectivity index (χ0n) is 11.7. The van der Waals surface area contributed by atoms with E-state index in [1.165, 1.54) is 6.07 Å². The zero-order chi connectivity index (χ0) is 16.6. The van der Waals surface area contributed by atoms with Gasteiger partial charge in [-0.05, 0) is 53.2 Å². The molecule has 0 unspecified atom stereocenters. The van der Waals surface area contributed by atoms with E-state index in [1.54, 1.807) is 23.5 Å². The van der Waals surface area contributed by atoms with E-state index < -0.39 is 15.9 Å². The van der Waals surface area contributed by atoms with E-state index in [4.69, 9.17) is 5.73 Å². The van der Waals surface area contributed by atoms with Crippen LogP contribution in [0.2, 0.25) is 0 Å². The lowest BCUT2D eigenvalue weighted by Crippen LogP contribution is -2.16. The highest BCUT2D eigenvalue weighted by atomic mass is 32.2. The molecule has 1 heterocycles. The van der Waals surface area contributed by atoms with Crippen molar-refractivity contribution in [3.05, 3.63) is 53.4 Å². The van der Waals surface area contributed by atoms with Gasteiger partial charge in [-0.15, -0.1) is 11.3 Å². The van der Waals surface area contributed by atoms with E-state index in [9.17, 15) is 18.3 Å². The average Bonchev–Trinajstić information content (AvgIpc) is 2.94. The molecule has 1 aromatic heterocycles. The summed E-state index contributed by atoms with van der Waals surface area (Å²) in [6, 6.07) is 10.5. The molecule has 0 aliphatic carbocycles. The number of aromatic hydroxyl groups is 1. The maximum atomic E-state index is 12.4. The first-order valence-corrected chi connectivity index (χ1v) is 8.86. The van der Waals surface area contributed by atoms with E-state index in [0.29, 0.717) is 5.69 Å². The lowest BCUT2D eigenvalue weighted by Gasteiger charge is -2.10. The van der Waals surface area contributed by atoms with Crippen molar-refractivity contribution >= 4 is 43.0 Å². The first-order chi connectivity index (χ1) is 10.9. The van der Waals surface area contributed by atoms with Crippen LogP contribution in [0.5, 0.6) is 5.75 Å². The van der Waals surface area contributed by atoms with Gasteiger partial charge in [0.2, 0.25) is 0 Å². The highest BCUT2D eigenvalue weighted by molar-refractivity contribution is 7.92. The third-order valence-electron chi connectivity index (χ3n) is 3.25. The number of anilines is 1. The van der Waals surface area contributed by atoms with Crippen LogP contribution in [0.4, 0.5) is 5.69 Å². The Labute approximate surface area is 136 Å². The number of thiophene rings is 1. The summed E-state index contributed by atoms with van der Waals surface area (Å²) in [5, 5.41) is 12.4. The summed E-state index contributed by atoms with van der Waals surface area (Å²) in [6.45, 7) is 0. The average molecular weight is 348 g/mol. The molecule has 2 aromatic carbocycles. The number of primary amides is 1. The number of rotatable bonds is 4. The normalized spacial score (nSPS) is 11.5. The van der Waals surface area contributed by atoms with Crippen LogP contribution in [0.25, 0.3) is 10.1 Å². The molecule has 4 N–H and O–H groups in total. The predicted molar refractivity (Wildman–Crippen MR) is 89.3 cm³/mol. The fraction of sp³-hybridized carbons (Fsp3) is 0. The van der Waals surface area contributed by atoms with Crippen molar-refractivity contribution in [1.29, 1.82) is 0 Å². The quantitative estimate of drug-likeness (QED) is 0.673. The molecule has 8 heteroatoms. The van der Waals surface area contributed by atoms with Gasteiger partial charge in [0.05, 0.1) is 10.5 Å². The summed E-state index contributed by atoms with van der Waals surface area (Å²) in [6.07, 6.45) is 0. The lowest BCUT2D eigenvalue weighted by atomic mass is 10.2. The molecule has 23 heavy (non-hydrogen) atoms. The van der Waals surface area contributed by atoms with Crippen LogP contribution in [-0.4, -0.2) is 19.4 Å². The Morgan fingerprint density at radius 3 is 2.65 bits per heavy atom. The molecule has 3 aromatic rings. The minimum atomic E-state index is -3.90. The van der Waals surface area contributed by atoms with E-state index in [-0.39, 0.29) is 16.2 Å². The molecule has 0 fully saturated rings. The van der Waals surface area contributed by atoms with E-state index in [1.807, 2.05) is 17.5 Å². The van der Waals surface area contributed by atoms with Crippen molar-refractivity contribution in [2.24, 2.45) is 5.73 Å². The van der Waals surface area contributed by atoms with Gasteiger partial charge in [0, 0.05) is 10.4 Å². The van der Waals surface area contributed by atoms with Gasteiger partial charge in [0.25, 0.3) is 15.9 Å². The van der Waals surface area contributed by atoms with Gasteiger partial charge >= 0.3 is 0 Å². The van der Waals surface area contributed by atoms with E-state index in [0.717, 1.165) is 22.2 Å². The number of hydrogen-bond donors (Lipinski definition) is 3. The Morgan fingerprint density at radius 2 is 1.91 bits per heavy atom. The Morgan fingerprint density at radius 1 is 1.13 bits per heavy atom. The van der Waals surface area contributed by atoms with Crippen LogP contribution in [0.15, 0.2) is 52.7 Å². The lowest BCUT2D eigenvalue weighted by molar-refractivity contribution is 0.0997. The Balaban J connectivity index is 1.98. The van der Waals surface area contributed by atoms with Gasteiger partial charge in [-0.1, -0.05) is 0 Å². The van der Waals surface area contributed by atoms with Crippen LogP contribution >= 0.6 is 11.3 Å². The Hall–Kier alpha value is -2.58. The van der Waals surface area contributed by atoms with Crippen molar-refractivity contribution < 1.29 is 18.3 Å². The maximum absolute atomic E-state index is 12.4. The van der Waals surface area contributed by atoms with E-state index >= 15 is 0 Å². The molecule has 0 bridgehead atoms. The molecule has 0 saturated heterocycles. The molecule has 6 nitrogen and oxygen atoms in total. The van der Waals surface area contributed by atoms with Gasteiger partial charge in [-0.2, -0.15) is 0 Å². The minimum absolute atomic E-state index is 0.158. The second-order valence-corrected chi connectivity index (χ2v) is 7.45. The standard InChI is InChI=1S/C15H12N2O4S2/c16-15(19)12-8-11(2-3-13(12)18)23(20,21)17-10-1-4-14-9(7-10)5-6-22-14/h1-8,17-18H,(H2,16,19). The number of carbonyl (C=O) groups excluding carboxylic acids is 1. The van der Waals surface area contributed by atoms with Crippen molar-refractivity contribution in [2.75, 3.05) is 4.72 Å². The number of benzene rings is 2. The van der Waals surface area contributed by atoms with Gasteiger partial charge in [-0.3, -0.25) is 9.52 Å². The van der Waals surface area contributed by atoms with Crippen LogP contribution < -0.4 is 10.5 Å². The Bertz CT molecular complexity index is 1010. The number of sulfonamides is 1. The topological polar surface area (TPSA) is 109 Å². The number of fused-ring (bicyclic) bond motifs is 1. The number of hydrogen-bond acceptors (Lipinski definition) is 5. The van der Waals surface area contributed by atoms with Crippen molar-refractivity contribution in [2.45, 2.75) is 4.90 Å². The molecule has 0 atom stereocenters. The first kappa shape index (κ1) is 15.3. The molecule has 0 aliphatic heterocycles. The summed E-state index contributed by atoms with van der Waals surface area (Å²) in [5.41, 5.74) is 5.27. The van der Waals surface area contributed by atoms with Crippen molar-refractivity contribution in [3.8, 4) is 5.75 Å². The molecule has 118 valence electrons. The van der Waals surface area contributed by atoms with Crippen molar-refractivity contribution in [1.82, 2.24) is 0 Å². The van der Waals surface area contributed by atoms with Gasteiger partial charge in [0.1, 0.15) is 5.75 Å². The minimum Gasteiger partial charge on any atom is -0.507 e. The predicted octanol–water partition coefficient (Wildman–Crippen LogP) is 2.51. The van der Waals surface area contributed by atoms with E-state index in [2.05, 4.69) is 4.72 Å². The fourth-order valence-corrected chi connectivity index (χ4v) is 3.97. The summed E-state index contributed by atoms with van der Waals surface area (Å²) >= 11 is 1.56. The summed E-state index contributed by atoms with van der Waals surface area (Å²) in [4.78, 5) is 11.1. The van der Waals surface area contributed by atoms with Crippen molar-refractivity contribution in [3.63, 3.8) is 0 Å². The van der Waals surface area contributed by atoms with Crippen LogP contribution in [0, 0.1) is 0 Å². The molecular weight excluding hydrogens is 336 g/mol. The summed E-state index contributed by atoms with van der Waals surface area (Å²) < 4.78 is 28.3. The second kappa shape index (κ2) is 5.56. The fourth-order valence-electron chi connectivity index (χ4n) is 2.12. The molecule has 0 saturated carbocycles. The monoisotopic (exact) mass is 348 g/mol. The SMILES string of the molecule is NC(=O)c1cc(S(=O)(=O)Nc2ccc3sccc3c2)ccc1O. The molecule has 0 spiro atoms. The molecule has 0 aliphatic rings. The van der Waals surface area contributed by atoms with Gasteiger partial charge in [-0.25, -0.2) is 8.42 Å². The number of nitrogens with one attached hydrogen (secondary N) is 1. The second-order valence-electron chi connectivity index (χ2n) is 4.82. The third kappa shape index (κ3) is 2.99.